The Labute approximate surface area is 107 Å². The van der Waals surface area contributed by atoms with Gasteiger partial charge in [-0.05, 0) is 25.3 Å². The third-order valence-electron chi connectivity index (χ3n) is 3.45. The standard InChI is InChI=1S/C13H19N3O2/c1-8-7-16(4-3-12(8)17)13(18)10-6-15-9(2)5-11(10)14/h5-6,8,12,17H,3-4,7H2,1-2H3,(H2,14,15). The van der Waals surface area contributed by atoms with Crippen molar-refractivity contribution in [1.29, 1.82) is 0 Å². The van der Waals surface area contributed by atoms with Crippen molar-refractivity contribution in [3.63, 3.8) is 0 Å². The van der Waals surface area contributed by atoms with E-state index in [1.807, 2.05) is 13.8 Å². The molecular weight excluding hydrogens is 230 g/mol. The van der Waals surface area contributed by atoms with Crippen LogP contribution in [0.2, 0.25) is 0 Å². The topological polar surface area (TPSA) is 79.5 Å². The highest BCUT2D eigenvalue weighted by Crippen LogP contribution is 2.20. The number of carbonyl (C=O) groups is 1. The average Bonchev–Trinajstić information content (AvgIpc) is 2.32. The zero-order valence-electron chi connectivity index (χ0n) is 10.8. The van der Waals surface area contributed by atoms with Crippen LogP contribution in [0.3, 0.4) is 0 Å². The summed E-state index contributed by atoms with van der Waals surface area (Å²) < 4.78 is 0. The predicted octanol–water partition coefficient (Wildman–Crippen LogP) is 0.815. The lowest BCUT2D eigenvalue weighted by Gasteiger charge is -2.34. The fourth-order valence-corrected chi connectivity index (χ4v) is 2.25. The Morgan fingerprint density at radius 2 is 2.33 bits per heavy atom. The molecule has 18 heavy (non-hydrogen) atoms. The van der Waals surface area contributed by atoms with Gasteiger partial charge in [0, 0.05) is 30.7 Å². The first-order valence-electron chi connectivity index (χ1n) is 6.18. The van der Waals surface area contributed by atoms with Crippen LogP contribution in [-0.2, 0) is 0 Å². The molecule has 0 bridgehead atoms. The number of hydrogen-bond acceptors (Lipinski definition) is 4. The molecule has 98 valence electrons. The van der Waals surface area contributed by atoms with Gasteiger partial charge in [0.1, 0.15) is 0 Å². The molecule has 5 nitrogen and oxygen atoms in total. The van der Waals surface area contributed by atoms with Crippen LogP contribution in [0.25, 0.3) is 0 Å². The van der Waals surface area contributed by atoms with Gasteiger partial charge in [0.15, 0.2) is 0 Å². The molecule has 1 aliphatic rings. The molecule has 1 saturated heterocycles. The van der Waals surface area contributed by atoms with Gasteiger partial charge in [0.2, 0.25) is 0 Å². The van der Waals surface area contributed by atoms with Crippen molar-refractivity contribution >= 4 is 11.6 Å². The van der Waals surface area contributed by atoms with Gasteiger partial charge >= 0.3 is 0 Å². The summed E-state index contributed by atoms with van der Waals surface area (Å²) in [5, 5.41) is 9.66. The van der Waals surface area contributed by atoms with Crippen LogP contribution in [0, 0.1) is 12.8 Å². The SMILES string of the molecule is Cc1cc(N)c(C(=O)N2CCC(O)C(C)C2)cn1. The minimum Gasteiger partial charge on any atom is -0.398 e. The largest absolute Gasteiger partial charge is 0.398 e. The molecule has 1 fully saturated rings. The van der Waals surface area contributed by atoms with Crippen LogP contribution < -0.4 is 5.73 Å². The first-order chi connectivity index (χ1) is 8.49. The molecule has 2 unspecified atom stereocenters. The van der Waals surface area contributed by atoms with Crippen LogP contribution in [0.4, 0.5) is 5.69 Å². The molecule has 2 atom stereocenters. The molecule has 1 aromatic heterocycles. The number of pyridine rings is 1. The molecule has 0 aromatic carbocycles. The minimum absolute atomic E-state index is 0.0984. The molecule has 2 rings (SSSR count). The van der Waals surface area contributed by atoms with E-state index in [0.717, 1.165) is 5.69 Å². The van der Waals surface area contributed by atoms with E-state index in [0.29, 0.717) is 30.8 Å². The molecule has 0 radical (unpaired) electrons. The van der Waals surface area contributed by atoms with Gasteiger partial charge in [0.05, 0.1) is 11.7 Å². The van der Waals surface area contributed by atoms with E-state index in [4.69, 9.17) is 5.73 Å². The Kier molecular flexibility index (Phi) is 3.52. The summed E-state index contributed by atoms with van der Waals surface area (Å²) in [7, 11) is 0. The monoisotopic (exact) mass is 249 g/mol. The van der Waals surface area contributed by atoms with Gasteiger partial charge in [0.25, 0.3) is 5.91 Å². The number of aromatic nitrogens is 1. The van der Waals surface area contributed by atoms with Crippen LogP contribution >= 0.6 is 0 Å². The van der Waals surface area contributed by atoms with Crippen LogP contribution in [-0.4, -0.2) is 40.1 Å². The van der Waals surface area contributed by atoms with Crippen molar-refractivity contribution in [2.45, 2.75) is 26.4 Å². The number of likely N-dealkylation sites (tertiary alicyclic amines) is 1. The molecule has 3 N–H and O–H groups in total. The van der Waals surface area contributed by atoms with Gasteiger partial charge in [-0.3, -0.25) is 9.78 Å². The van der Waals surface area contributed by atoms with E-state index in [-0.39, 0.29) is 17.9 Å². The lowest BCUT2D eigenvalue weighted by atomic mass is 9.96. The zero-order valence-corrected chi connectivity index (χ0v) is 10.8. The van der Waals surface area contributed by atoms with E-state index in [1.54, 1.807) is 11.0 Å². The Morgan fingerprint density at radius 3 is 2.94 bits per heavy atom. The van der Waals surface area contributed by atoms with E-state index >= 15 is 0 Å². The number of amides is 1. The number of hydrogen-bond donors (Lipinski definition) is 2. The number of piperidine rings is 1. The Bertz CT molecular complexity index is 462. The number of nitrogen functional groups attached to an aromatic ring is 1. The predicted molar refractivity (Wildman–Crippen MR) is 69.1 cm³/mol. The number of nitrogens with two attached hydrogens (primary N) is 1. The van der Waals surface area contributed by atoms with E-state index < -0.39 is 0 Å². The van der Waals surface area contributed by atoms with Crippen LogP contribution in [0.1, 0.15) is 29.4 Å². The molecule has 1 amide bonds. The molecule has 1 aromatic rings. The summed E-state index contributed by atoms with van der Waals surface area (Å²) >= 11 is 0. The number of nitrogens with zero attached hydrogens (tertiary/aromatic N) is 2. The molecule has 0 saturated carbocycles. The normalized spacial score (nSPS) is 24.1. The average molecular weight is 249 g/mol. The second-order valence-electron chi connectivity index (χ2n) is 5.00. The van der Waals surface area contributed by atoms with E-state index in [2.05, 4.69) is 4.98 Å². The number of anilines is 1. The quantitative estimate of drug-likeness (QED) is 0.772. The second kappa shape index (κ2) is 4.94. The van der Waals surface area contributed by atoms with Crippen molar-refractivity contribution in [1.82, 2.24) is 9.88 Å². The number of aliphatic hydroxyl groups excluding tert-OH is 1. The zero-order chi connectivity index (χ0) is 13.3. The number of carbonyl (C=O) groups excluding carboxylic acids is 1. The molecule has 5 heteroatoms. The lowest BCUT2D eigenvalue weighted by Crippen LogP contribution is -2.45. The highest BCUT2D eigenvalue weighted by atomic mass is 16.3. The highest BCUT2D eigenvalue weighted by molar-refractivity contribution is 5.98. The Balaban J connectivity index is 2.16. The van der Waals surface area contributed by atoms with Gasteiger partial charge < -0.3 is 15.7 Å². The summed E-state index contributed by atoms with van der Waals surface area (Å²) in [5.74, 6) is 0.00100. The van der Waals surface area contributed by atoms with Crippen molar-refractivity contribution < 1.29 is 9.90 Å². The highest BCUT2D eigenvalue weighted by Gasteiger charge is 2.28. The van der Waals surface area contributed by atoms with Crippen LogP contribution in [0.5, 0.6) is 0 Å². The second-order valence-corrected chi connectivity index (χ2v) is 5.00. The third-order valence-corrected chi connectivity index (χ3v) is 3.45. The maximum atomic E-state index is 12.3. The number of rotatable bonds is 1. The first-order valence-corrected chi connectivity index (χ1v) is 6.18. The summed E-state index contributed by atoms with van der Waals surface area (Å²) in [5.41, 5.74) is 7.56. The van der Waals surface area contributed by atoms with Crippen molar-refractivity contribution in [3.8, 4) is 0 Å². The maximum Gasteiger partial charge on any atom is 0.257 e. The van der Waals surface area contributed by atoms with Gasteiger partial charge in [-0.2, -0.15) is 0 Å². The van der Waals surface area contributed by atoms with Crippen LogP contribution in [0.15, 0.2) is 12.3 Å². The summed E-state index contributed by atoms with van der Waals surface area (Å²) in [6.07, 6.45) is 1.83. The molecular formula is C13H19N3O2. The van der Waals surface area contributed by atoms with Gasteiger partial charge in [-0.15, -0.1) is 0 Å². The number of aliphatic hydroxyl groups is 1. The molecule has 0 aliphatic carbocycles. The molecule has 1 aliphatic heterocycles. The number of aryl methyl sites for hydroxylation is 1. The summed E-state index contributed by atoms with van der Waals surface area (Å²) in [4.78, 5) is 18.2. The van der Waals surface area contributed by atoms with Gasteiger partial charge in [-0.1, -0.05) is 6.92 Å². The Morgan fingerprint density at radius 1 is 1.61 bits per heavy atom. The fourth-order valence-electron chi connectivity index (χ4n) is 2.25. The third kappa shape index (κ3) is 2.46. The summed E-state index contributed by atoms with van der Waals surface area (Å²) in [6, 6.07) is 1.70. The van der Waals surface area contributed by atoms with E-state index in [9.17, 15) is 9.90 Å². The Hall–Kier alpha value is -1.62. The molecule has 0 spiro atoms. The van der Waals surface area contributed by atoms with E-state index in [1.165, 1.54) is 6.20 Å². The van der Waals surface area contributed by atoms with Crippen molar-refractivity contribution in [3.05, 3.63) is 23.5 Å². The first kappa shape index (κ1) is 12.8. The van der Waals surface area contributed by atoms with Crippen molar-refractivity contribution in [2.75, 3.05) is 18.8 Å². The lowest BCUT2D eigenvalue weighted by molar-refractivity contribution is 0.0298. The fraction of sp³-hybridized carbons (Fsp3) is 0.538. The van der Waals surface area contributed by atoms with Gasteiger partial charge in [-0.25, -0.2) is 0 Å². The smallest absolute Gasteiger partial charge is 0.257 e. The summed E-state index contributed by atoms with van der Waals surface area (Å²) in [6.45, 7) is 4.91. The van der Waals surface area contributed by atoms with Crippen molar-refractivity contribution in [2.24, 2.45) is 5.92 Å². The molecule has 2 heterocycles. The minimum atomic E-state index is -0.317. The maximum absolute atomic E-state index is 12.3.